The SMILES string of the molecule is Cc1cc(Br)cc(Br)c1OCC(=O)NN(C(N)=O)c1ccccc1. The molecule has 0 unspecified atom stereocenters. The fourth-order valence-electron chi connectivity index (χ4n) is 1.99. The van der Waals surface area contributed by atoms with Gasteiger partial charge in [0.15, 0.2) is 6.61 Å². The molecular weight excluding hydrogens is 442 g/mol. The lowest BCUT2D eigenvalue weighted by Crippen LogP contribution is -2.50. The lowest BCUT2D eigenvalue weighted by molar-refractivity contribution is -0.123. The molecule has 0 saturated heterocycles. The van der Waals surface area contributed by atoms with Crippen molar-refractivity contribution in [1.29, 1.82) is 0 Å². The van der Waals surface area contributed by atoms with Gasteiger partial charge in [-0.25, -0.2) is 9.80 Å². The minimum Gasteiger partial charge on any atom is -0.482 e. The summed E-state index contributed by atoms with van der Waals surface area (Å²) < 4.78 is 7.16. The fraction of sp³-hybridized carbons (Fsp3) is 0.125. The number of anilines is 1. The molecule has 0 fully saturated rings. The molecule has 6 nitrogen and oxygen atoms in total. The summed E-state index contributed by atoms with van der Waals surface area (Å²) in [5.74, 6) is 0.0468. The Kier molecular flexibility index (Phi) is 6.22. The number of benzene rings is 2. The largest absolute Gasteiger partial charge is 0.482 e. The van der Waals surface area contributed by atoms with Crippen molar-refractivity contribution in [2.45, 2.75) is 6.92 Å². The van der Waals surface area contributed by atoms with Crippen LogP contribution in [0.25, 0.3) is 0 Å². The number of nitrogens with one attached hydrogen (secondary N) is 1. The molecule has 0 radical (unpaired) electrons. The van der Waals surface area contributed by atoms with Crippen LogP contribution in [0.5, 0.6) is 5.75 Å². The number of nitrogens with zero attached hydrogens (tertiary/aromatic N) is 1. The third-order valence-electron chi connectivity index (χ3n) is 3.01. The van der Waals surface area contributed by atoms with E-state index in [9.17, 15) is 9.59 Å². The monoisotopic (exact) mass is 455 g/mol. The minimum absolute atomic E-state index is 0.266. The van der Waals surface area contributed by atoms with Gasteiger partial charge in [0.1, 0.15) is 5.75 Å². The van der Waals surface area contributed by atoms with E-state index >= 15 is 0 Å². The summed E-state index contributed by atoms with van der Waals surface area (Å²) in [6, 6.07) is 11.5. The van der Waals surface area contributed by atoms with Crippen molar-refractivity contribution in [3.05, 3.63) is 57.0 Å². The smallest absolute Gasteiger partial charge is 0.338 e. The zero-order valence-electron chi connectivity index (χ0n) is 12.8. The summed E-state index contributed by atoms with van der Waals surface area (Å²) in [4.78, 5) is 23.6. The molecule has 24 heavy (non-hydrogen) atoms. The molecule has 0 atom stereocenters. The van der Waals surface area contributed by atoms with Gasteiger partial charge in [0.05, 0.1) is 10.2 Å². The molecule has 8 heteroatoms. The average molecular weight is 457 g/mol. The van der Waals surface area contributed by atoms with Gasteiger partial charge >= 0.3 is 6.03 Å². The number of carbonyl (C=O) groups excluding carboxylic acids is 2. The summed E-state index contributed by atoms with van der Waals surface area (Å²) in [7, 11) is 0. The van der Waals surface area contributed by atoms with Crippen LogP contribution >= 0.6 is 31.9 Å². The van der Waals surface area contributed by atoms with Crippen molar-refractivity contribution in [2.75, 3.05) is 11.6 Å². The average Bonchev–Trinajstić information content (AvgIpc) is 2.52. The van der Waals surface area contributed by atoms with Gasteiger partial charge in [-0.3, -0.25) is 10.2 Å². The maximum Gasteiger partial charge on any atom is 0.338 e. The number of hydrazine groups is 1. The number of para-hydroxylation sites is 1. The van der Waals surface area contributed by atoms with E-state index in [1.807, 2.05) is 19.1 Å². The predicted molar refractivity (Wildman–Crippen MR) is 98.7 cm³/mol. The number of ether oxygens (including phenoxy) is 1. The van der Waals surface area contributed by atoms with Crippen LogP contribution in [-0.2, 0) is 4.79 Å². The number of halogens is 2. The Morgan fingerprint density at radius 2 is 1.88 bits per heavy atom. The first-order chi connectivity index (χ1) is 11.4. The van der Waals surface area contributed by atoms with Gasteiger partial charge in [-0.1, -0.05) is 34.1 Å². The maximum atomic E-state index is 12.1. The molecule has 0 aromatic heterocycles. The molecule has 2 aromatic rings. The molecule has 3 amide bonds. The zero-order valence-corrected chi connectivity index (χ0v) is 15.9. The van der Waals surface area contributed by atoms with E-state index in [0.717, 1.165) is 19.5 Å². The summed E-state index contributed by atoms with van der Waals surface area (Å²) in [6.45, 7) is 1.60. The lowest BCUT2D eigenvalue weighted by atomic mass is 10.2. The van der Waals surface area contributed by atoms with Gasteiger partial charge in [-0.05, 0) is 52.7 Å². The van der Waals surface area contributed by atoms with Crippen LogP contribution in [0.1, 0.15) is 5.56 Å². The topological polar surface area (TPSA) is 84.7 Å². The van der Waals surface area contributed by atoms with Gasteiger partial charge in [0, 0.05) is 4.47 Å². The van der Waals surface area contributed by atoms with Crippen LogP contribution in [0.3, 0.4) is 0 Å². The quantitative estimate of drug-likeness (QED) is 0.690. The zero-order chi connectivity index (χ0) is 17.7. The van der Waals surface area contributed by atoms with Crippen molar-refractivity contribution in [3.63, 3.8) is 0 Å². The van der Waals surface area contributed by atoms with Crippen LogP contribution in [-0.4, -0.2) is 18.5 Å². The Balaban J connectivity index is 2.04. The Hall–Kier alpha value is -2.06. The number of primary amides is 1. The van der Waals surface area contributed by atoms with Crippen LogP contribution in [0.2, 0.25) is 0 Å². The minimum atomic E-state index is -0.796. The second-order valence-electron chi connectivity index (χ2n) is 4.87. The molecule has 3 N–H and O–H groups in total. The summed E-state index contributed by atoms with van der Waals surface area (Å²) >= 11 is 6.77. The molecule has 0 saturated carbocycles. The number of hydrogen-bond acceptors (Lipinski definition) is 3. The van der Waals surface area contributed by atoms with Crippen LogP contribution in [0, 0.1) is 6.92 Å². The molecule has 0 aliphatic carbocycles. The second-order valence-corrected chi connectivity index (χ2v) is 6.64. The Labute approximate surface area is 156 Å². The normalized spacial score (nSPS) is 10.1. The standard InChI is InChI=1S/C16H15Br2N3O3/c1-10-7-11(17)8-13(18)15(10)24-9-14(22)20-21(16(19)23)12-5-3-2-4-6-12/h2-8H,9H2,1H3,(H2,19,23)(H,20,22). The number of aryl methyl sites for hydroxylation is 1. The molecule has 2 aromatic carbocycles. The summed E-state index contributed by atoms with van der Waals surface area (Å²) in [6.07, 6.45) is 0. The van der Waals surface area contributed by atoms with E-state index in [1.54, 1.807) is 30.3 Å². The van der Waals surface area contributed by atoms with Gasteiger partial charge in [0.25, 0.3) is 5.91 Å². The van der Waals surface area contributed by atoms with E-state index in [1.165, 1.54) is 0 Å². The second kappa shape index (κ2) is 8.16. The van der Waals surface area contributed by atoms with Gasteiger partial charge < -0.3 is 10.5 Å². The van der Waals surface area contributed by atoms with Crippen molar-refractivity contribution in [3.8, 4) is 5.75 Å². The molecule has 126 valence electrons. The van der Waals surface area contributed by atoms with Crippen molar-refractivity contribution >= 4 is 49.5 Å². The third kappa shape index (κ3) is 4.72. The van der Waals surface area contributed by atoms with Gasteiger partial charge in [0.2, 0.25) is 0 Å². The molecule has 0 aliphatic heterocycles. The Bertz CT molecular complexity index is 730. The van der Waals surface area contributed by atoms with Crippen LogP contribution in [0.4, 0.5) is 10.5 Å². The maximum absolute atomic E-state index is 12.1. The van der Waals surface area contributed by atoms with Crippen molar-refractivity contribution in [1.82, 2.24) is 5.43 Å². The first-order valence-corrected chi connectivity index (χ1v) is 8.49. The number of nitrogens with two attached hydrogens (primary N) is 1. The van der Waals surface area contributed by atoms with Crippen LogP contribution in [0.15, 0.2) is 51.4 Å². The van der Waals surface area contributed by atoms with E-state index in [2.05, 4.69) is 37.3 Å². The fourth-order valence-corrected chi connectivity index (χ4v) is 3.54. The lowest BCUT2D eigenvalue weighted by Gasteiger charge is -2.21. The molecule has 0 spiro atoms. The number of urea groups is 1. The molecule has 0 aliphatic rings. The highest BCUT2D eigenvalue weighted by molar-refractivity contribution is 9.11. The predicted octanol–water partition coefficient (Wildman–Crippen LogP) is 3.52. The van der Waals surface area contributed by atoms with Crippen molar-refractivity contribution in [2.24, 2.45) is 5.73 Å². The van der Waals surface area contributed by atoms with Crippen LogP contribution < -0.4 is 20.9 Å². The number of rotatable bonds is 4. The summed E-state index contributed by atoms with van der Waals surface area (Å²) in [5, 5.41) is 0.967. The Morgan fingerprint density at radius 1 is 1.21 bits per heavy atom. The number of hydrogen-bond donors (Lipinski definition) is 2. The molecular formula is C16H15Br2N3O3. The molecule has 2 rings (SSSR count). The highest BCUT2D eigenvalue weighted by Crippen LogP contribution is 2.32. The number of amides is 3. The summed E-state index contributed by atoms with van der Waals surface area (Å²) in [5.41, 5.74) is 9.05. The third-order valence-corrected chi connectivity index (χ3v) is 4.06. The Morgan fingerprint density at radius 3 is 2.46 bits per heavy atom. The van der Waals surface area contributed by atoms with Gasteiger partial charge in [-0.2, -0.15) is 0 Å². The van der Waals surface area contributed by atoms with E-state index < -0.39 is 11.9 Å². The van der Waals surface area contributed by atoms with E-state index in [-0.39, 0.29) is 6.61 Å². The first kappa shape index (κ1) is 18.3. The van der Waals surface area contributed by atoms with Gasteiger partial charge in [-0.15, -0.1) is 0 Å². The first-order valence-electron chi connectivity index (χ1n) is 6.91. The van der Waals surface area contributed by atoms with E-state index in [0.29, 0.717) is 11.4 Å². The van der Waals surface area contributed by atoms with E-state index in [4.69, 9.17) is 10.5 Å². The van der Waals surface area contributed by atoms with Crippen molar-refractivity contribution < 1.29 is 14.3 Å². The highest BCUT2D eigenvalue weighted by atomic mass is 79.9. The highest BCUT2D eigenvalue weighted by Gasteiger charge is 2.16. The molecule has 0 bridgehead atoms. The number of carbonyl (C=O) groups is 2. The molecule has 0 heterocycles.